The Kier molecular flexibility index (Phi) is 10.1. The molecule has 0 spiro atoms. The molecule has 8 heteroatoms. The number of carboxylic acid groups (broad SMARTS) is 1. The summed E-state index contributed by atoms with van der Waals surface area (Å²) in [6, 6.07) is 18.7. The van der Waals surface area contributed by atoms with Gasteiger partial charge in [0.2, 0.25) is 0 Å². The van der Waals surface area contributed by atoms with Crippen molar-refractivity contribution in [2.24, 2.45) is 5.73 Å². The number of carboxylic acids is 1. The van der Waals surface area contributed by atoms with Crippen LogP contribution in [0.3, 0.4) is 0 Å². The number of hydrogen-bond donors (Lipinski definition) is 2. The topological polar surface area (TPSA) is 69.8 Å². The van der Waals surface area contributed by atoms with Gasteiger partial charge in [0.15, 0.2) is 0 Å². The monoisotopic (exact) mass is 491 g/mol. The molecule has 2 aliphatic rings. The van der Waals surface area contributed by atoms with Gasteiger partial charge in [-0.2, -0.15) is 13.2 Å². The largest absolute Gasteiger partial charge is 0.490 e. The first-order valence-electron chi connectivity index (χ1n) is 12.4. The van der Waals surface area contributed by atoms with E-state index in [4.69, 9.17) is 15.6 Å². The average molecular weight is 492 g/mol. The molecule has 0 aliphatic carbocycles. The van der Waals surface area contributed by atoms with E-state index in [-0.39, 0.29) is 0 Å². The van der Waals surface area contributed by atoms with E-state index in [0.717, 1.165) is 38.9 Å². The molecule has 2 saturated heterocycles. The number of nitrogens with zero attached hydrogens (tertiary/aromatic N) is 2. The van der Waals surface area contributed by atoms with Crippen molar-refractivity contribution in [3.63, 3.8) is 0 Å². The number of aliphatic carboxylic acids is 1. The standard InChI is InChI=1S/C25H35N3.C2HF3O2/c26-25-12-17-28(18-13-25)20-22-5-4-6-24(19-22)23-9-7-21(8-10-23)11-16-27-14-2-1-3-15-27;3-2(4,5)1(6)7/h4-10,19,25H,1-3,11-18,20,26H2;(H,6,7). The SMILES string of the molecule is NC1CCN(Cc2cccc(-c3ccc(CCN4CCCCC4)cc3)c2)CC1.O=C(O)C(F)(F)F. The van der Waals surface area contributed by atoms with E-state index in [0.29, 0.717) is 6.04 Å². The van der Waals surface area contributed by atoms with Crippen LogP contribution in [-0.4, -0.2) is 65.8 Å². The molecule has 0 amide bonds. The summed E-state index contributed by atoms with van der Waals surface area (Å²) in [5, 5.41) is 7.12. The number of piperidine rings is 2. The van der Waals surface area contributed by atoms with Gasteiger partial charge in [-0.25, -0.2) is 4.79 Å². The van der Waals surface area contributed by atoms with Gasteiger partial charge in [-0.1, -0.05) is 48.9 Å². The zero-order valence-corrected chi connectivity index (χ0v) is 20.1. The summed E-state index contributed by atoms with van der Waals surface area (Å²) < 4.78 is 31.7. The zero-order valence-electron chi connectivity index (χ0n) is 20.1. The van der Waals surface area contributed by atoms with Crippen molar-refractivity contribution in [2.75, 3.05) is 32.7 Å². The molecule has 2 aliphatic heterocycles. The quantitative estimate of drug-likeness (QED) is 0.599. The van der Waals surface area contributed by atoms with Crippen molar-refractivity contribution in [2.45, 2.75) is 57.3 Å². The van der Waals surface area contributed by atoms with Gasteiger partial charge in [0.05, 0.1) is 0 Å². The number of alkyl halides is 3. The number of nitrogens with two attached hydrogens (primary N) is 1. The van der Waals surface area contributed by atoms with Crippen LogP contribution in [0.1, 0.15) is 43.2 Å². The average Bonchev–Trinajstić information content (AvgIpc) is 2.85. The normalized spacial score (nSPS) is 18.1. The smallest absolute Gasteiger partial charge is 0.475 e. The molecule has 2 heterocycles. The summed E-state index contributed by atoms with van der Waals surface area (Å²) in [4.78, 5) is 14.0. The zero-order chi connectivity index (χ0) is 25.3. The molecular formula is C27H36F3N3O2. The van der Waals surface area contributed by atoms with Crippen molar-refractivity contribution in [1.82, 2.24) is 9.80 Å². The first-order chi connectivity index (χ1) is 16.7. The van der Waals surface area contributed by atoms with E-state index < -0.39 is 12.1 Å². The molecule has 0 atom stereocenters. The number of likely N-dealkylation sites (tertiary alicyclic amines) is 2. The van der Waals surface area contributed by atoms with Gasteiger partial charge in [0.25, 0.3) is 0 Å². The molecule has 0 aromatic heterocycles. The Morgan fingerprint density at radius 3 is 2.11 bits per heavy atom. The molecule has 35 heavy (non-hydrogen) atoms. The molecule has 5 nitrogen and oxygen atoms in total. The van der Waals surface area contributed by atoms with Crippen LogP contribution in [0.4, 0.5) is 13.2 Å². The second-order valence-electron chi connectivity index (χ2n) is 9.47. The highest BCUT2D eigenvalue weighted by atomic mass is 19.4. The minimum atomic E-state index is -5.08. The molecule has 2 aromatic carbocycles. The Labute approximate surface area is 205 Å². The van der Waals surface area contributed by atoms with Gasteiger partial charge in [-0.05, 0) is 86.6 Å². The molecule has 2 fully saturated rings. The third kappa shape index (κ3) is 9.28. The first kappa shape index (κ1) is 27.2. The Hall–Kier alpha value is -2.42. The van der Waals surface area contributed by atoms with E-state index in [2.05, 4.69) is 58.3 Å². The van der Waals surface area contributed by atoms with E-state index in [9.17, 15) is 13.2 Å². The highest BCUT2D eigenvalue weighted by Gasteiger charge is 2.38. The van der Waals surface area contributed by atoms with Crippen LogP contribution in [0.5, 0.6) is 0 Å². The Balaban J connectivity index is 0.000000429. The van der Waals surface area contributed by atoms with E-state index in [1.807, 2.05) is 0 Å². The number of benzene rings is 2. The molecule has 0 radical (unpaired) electrons. The maximum atomic E-state index is 10.6. The molecular weight excluding hydrogens is 455 g/mol. The van der Waals surface area contributed by atoms with E-state index in [1.54, 1.807) is 0 Å². The third-order valence-electron chi connectivity index (χ3n) is 6.66. The van der Waals surface area contributed by atoms with E-state index >= 15 is 0 Å². The van der Waals surface area contributed by atoms with Gasteiger partial charge in [0.1, 0.15) is 0 Å². The molecule has 3 N–H and O–H groups in total. The summed E-state index contributed by atoms with van der Waals surface area (Å²) in [7, 11) is 0. The fraction of sp³-hybridized carbons (Fsp3) is 0.519. The van der Waals surface area contributed by atoms with Crippen LogP contribution in [0.15, 0.2) is 48.5 Å². The number of hydrogen-bond acceptors (Lipinski definition) is 4. The van der Waals surface area contributed by atoms with Crippen LogP contribution in [0.2, 0.25) is 0 Å². The first-order valence-corrected chi connectivity index (χ1v) is 12.4. The van der Waals surface area contributed by atoms with Crippen molar-refractivity contribution < 1.29 is 23.1 Å². The summed E-state index contributed by atoms with van der Waals surface area (Å²) in [5.41, 5.74) is 11.5. The summed E-state index contributed by atoms with van der Waals surface area (Å²) >= 11 is 0. The van der Waals surface area contributed by atoms with Gasteiger partial charge in [0, 0.05) is 19.1 Å². The van der Waals surface area contributed by atoms with Crippen molar-refractivity contribution in [3.05, 3.63) is 59.7 Å². The second kappa shape index (κ2) is 13.0. The lowest BCUT2D eigenvalue weighted by molar-refractivity contribution is -0.192. The third-order valence-corrected chi connectivity index (χ3v) is 6.66. The maximum Gasteiger partial charge on any atom is 0.490 e. The van der Waals surface area contributed by atoms with E-state index in [1.165, 1.54) is 61.2 Å². The van der Waals surface area contributed by atoms with Crippen molar-refractivity contribution in [3.8, 4) is 11.1 Å². The summed E-state index contributed by atoms with van der Waals surface area (Å²) in [6.45, 7) is 7.05. The Morgan fingerprint density at radius 2 is 1.51 bits per heavy atom. The molecule has 0 unspecified atom stereocenters. The van der Waals surface area contributed by atoms with Crippen LogP contribution in [0.25, 0.3) is 11.1 Å². The fourth-order valence-electron chi connectivity index (χ4n) is 4.55. The highest BCUT2D eigenvalue weighted by molar-refractivity contribution is 5.73. The second-order valence-corrected chi connectivity index (χ2v) is 9.47. The molecule has 2 aromatic rings. The van der Waals surface area contributed by atoms with Crippen molar-refractivity contribution in [1.29, 1.82) is 0 Å². The lowest BCUT2D eigenvalue weighted by atomic mass is 10.00. The van der Waals surface area contributed by atoms with Gasteiger partial charge < -0.3 is 15.7 Å². The highest BCUT2D eigenvalue weighted by Crippen LogP contribution is 2.23. The Bertz CT molecular complexity index is 920. The summed E-state index contributed by atoms with van der Waals surface area (Å²) in [5.74, 6) is -2.76. The van der Waals surface area contributed by atoms with Crippen molar-refractivity contribution >= 4 is 5.97 Å². The molecule has 0 saturated carbocycles. The van der Waals surface area contributed by atoms with Crippen LogP contribution >= 0.6 is 0 Å². The number of halogens is 3. The molecule has 0 bridgehead atoms. The minimum absolute atomic E-state index is 0.399. The number of carbonyl (C=O) groups is 1. The van der Waals surface area contributed by atoms with Crippen LogP contribution < -0.4 is 5.73 Å². The number of rotatable bonds is 6. The van der Waals surface area contributed by atoms with Gasteiger partial charge >= 0.3 is 12.1 Å². The summed E-state index contributed by atoms with van der Waals surface area (Å²) in [6.07, 6.45) is 2.49. The minimum Gasteiger partial charge on any atom is -0.475 e. The lowest BCUT2D eigenvalue weighted by Gasteiger charge is -2.30. The fourth-order valence-corrected chi connectivity index (χ4v) is 4.55. The van der Waals surface area contributed by atoms with Crippen LogP contribution in [0, 0.1) is 0 Å². The van der Waals surface area contributed by atoms with Gasteiger partial charge in [-0.15, -0.1) is 0 Å². The maximum absolute atomic E-state index is 10.6. The van der Waals surface area contributed by atoms with Gasteiger partial charge in [-0.3, -0.25) is 4.90 Å². The predicted octanol–water partition coefficient (Wildman–Crippen LogP) is 4.94. The Morgan fingerprint density at radius 1 is 0.886 bits per heavy atom. The molecule has 192 valence electrons. The lowest BCUT2D eigenvalue weighted by Crippen LogP contribution is -2.39. The predicted molar refractivity (Wildman–Crippen MR) is 132 cm³/mol. The molecule has 4 rings (SSSR count). The van der Waals surface area contributed by atoms with Crippen LogP contribution in [-0.2, 0) is 17.8 Å².